The second-order valence-electron chi connectivity index (χ2n) is 3.53. The summed E-state index contributed by atoms with van der Waals surface area (Å²) in [5, 5.41) is 18.5. The van der Waals surface area contributed by atoms with E-state index < -0.39 is 12.2 Å². The number of nitrogens with zero attached hydrogens (tertiary/aromatic N) is 1. The fraction of sp³-hybridized carbons (Fsp3) is 1.00. The molecule has 3 heteroatoms. The van der Waals surface area contributed by atoms with Crippen molar-refractivity contribution in [3.63, 3.8) is 0 Å². The van der Waals surface area contributed by atoms with E-state index >= 15 is 0 Å². The van der Waals surface area contributed by atoms with Gasteiger partial charge in [-0.05, 0) is 7.05 Å². The van der Waals surface area contributed by atoms with Crippen LogP contribution in [0.1, 0.15) is 0 Å². The molecule has 1 saturated heterocycles. The Hall–Kier alpha value is -0.120. The van der Waals surface area contributed by atoms with Crippen LogP contribution in [0.3, 0.4) is 0 Å². The zero-order chi connectivity index (χ0) is 7.30. The van der Waals surface area contributed by atoms with Gasteiger partial charge in [0.2, 0.25) is 0 Å². The number of aliphatic hydroxyl groups is 2. The van der Waals surface area contributed by atoms with E-state index in [4.69, 9.17) is 0 Å². The number of rotatable bonds is 0. The third-order valence-electron chi connectivity index (χ3n) is 2.82. The molecule has 10 heavy (non-hydrogen) atoms. The van der Waals surface area contributed by atoms with Crippen molar-refractivity contribution in [1.29, 1.82) is 0 Å². The monoisotopic (exact) mass is 143 g/mol. The lowest BCUT2D eigenvalue weighted by Gasteiger charge is -2.41. The number of hydrogen-bond acceptors (Lipinski definition) is 3. The molecule has 1 aliphatic carbocycles. The molecule has 4 unspecified atom stereocenters. The van der Waals surface area contributed by atoms with Gasteiger partial charge in [-0.3, -0.25) is 0 Å². The van der Waals surface area contributed by atoms with E-state index in [1.807, 2.05) is 7.05 Å². The summed E-state index contributed by atoms with van der Waals surface area (Å²) < 4.78 is 0. The van der Waals surface area contributed by atoms with E-state index in [0.29, 0.717) is 11.8 Å². The minimum absolute atomic E-state index is 0.347. The topological polar surface area (TPSA) is 43.7 Å². The molecular weight excluding hydrogens is 130 g/mol. The Balaban J connectivity index is 2.04. The van der Waals surface area contributed by atoms with Crippen molar-refractivity contribution >= 4 is 0 Å². The van der Waals surface area contributed by atoms with Crippen molar-refractivity contribution < 1.29 is 10.2 Å². The summed E-state index contributed by atoms with van der Waals surface area (Å²) in [4.78, 5) is 2.16. The lowest BCUT2D eigenvalue weighted by molar-refractivity contribution is -0.132. The first-order valence-corrected chi connectivity index (χ1v) is 3.75. The maximum Gasteiger partial charge on any atom is 0.0846 e. The Morgan fingerprint density at radius 1 is 1.10 bits per heavy atom. The molecule has 0 amide bonds. The van der Waals surface area contributed by atoms with Crippen molar-refractivity contribution in [2.24, 2.45) is 11.8 Å². The highest BCUT2D eigenvalue weighted by molar-refractivity contribution is 5.03. The molecular formula is C7H13NO2. The molecule has 0 aromatic heterocycles. The van der Waals surface area contributed by atoms with Gasteiger partial charge in [0, 0.05) is 24.9 Å². The molecule has 1 aliphatic heterocycles. The van der Waals surface area contributed by atoms with Crippen LogP contribution in [0, 0.1) is 11.8 Å². The SMILES string of the molecule is CN1CC2C(O)C(O)C2C1. The summed E-state index contributed by atoms with van der Waals surface area (Å²) in [7, 11) is 2.03. The second-order valence-corrected chi connectivity index (χ2v) is 3.53. The molecule has 0 spiro atoms. The maximum absolute atomic E-state index is 9.23. The Morgan fingerprint density at radius 3 is 1.90 bits per heavy atom. The van der Waals surface area contributed by atoms with E-state index in [1.54, 1.807) is 0 Å². The summed E-state index contributed by atoms with van der Waals surface area (Å²) in [5.74, 6) is 0.694. The first-order chi connectivity index (χ1) is 4.70. The largest absolute Gasteiger partial charge is 0.390 e. The standard InChI is InChI=1S/C7H13NO2/c1-8-2-4-5(3-8)7(10)6(4)9/h4-7,9-10H,2-3H2,1H3. The number of likely N-dealkylation sites (tertiary alicyclic amines) is 1. The zero-order valence-electron chi connectivity index (χ0n) is 6.07. The molecule has 1 heterocycles. The zero-order valence-corrected chi connectivity index (χ0v) is 6.07. The van der Waals surface area contributed by atoms with E-state index in [-0.39, 0.29) is 0 Å². The third-order valence-corrected chi connectivity index (χ3v) is 2.82. The predicted molar refractivity (Wildman–Crippen MR) is 36.5 cm³/mol. The molecule has 2 fully saturated rings. The first kappa shape index (κ1) is 6.58. The number of aliphatic hydroxyl groups excluding tert-OH is 2. The average molecular weight is 143 g/mol. The normalized spacial score (nSPS) is 54.3. The van der Waals surface area contributed by atoms with Crippen LogP contribution >= 0.6 is 0 Å². The molecule has 2 rings (SSSR count). The van der Waals surface area contributed by atoms with Gasteiger partial charge in [0.15, 0.2) is 0 Å². The highest BCUT2D eigenvalue weighted by atomic mass is 16.3. The van der Waals surface area contributed by atoms with Gasteiger partial charge in [-0.25, -0.2) is 0 Å². The van der Waals surface area contributed by atoms with E-state index in [0.717, 1.165) is 13.1 Å². The van der Waals surface area contributed by atoms with E-state index in [1.165, 1.54) is 0 Å². The van der Waals surface area contributed by atoms with E-state index in [9.17, 15) is 10.2 Å². The van der Waals surface area contributed by atoms with Crippen LogP contribution in [-0.2, 0) is 0 Å². The van der Waals surface area contributed by atoms with Gasteiger partial charge in [-0.2, -0.15) is 0 Å². The van der Waals surface area contributed by atoms with E-state index in [2.05, 4.69) is 4.90 Å². The maximum atomic E-state index is 9.23. The van der Waals surface area contributed by atoms with Gasteiger partial charge >= 0.3 is 0 Å². The minimum atomic E-state index is -0.449. The van der Waals surface area contributed by atoms with Gasteiger partial charge in [0.25, 0.3) is 0 Å². The second kappa shape index (κ2) is 1.94. The van der Waals surface area contributed by atoms with Gasteiger partial charge in [-0.1, -0.05) is 0 Å². The molecule has 0 bridgehead atoms. The van der Waals surface area contributed by atoms with Gasteiger partial charge in [0.1, 0.15) is 0 Å². The average Bonchev–Trinajstić information content (AvgIpc) is 2.27. The molecule has 3 nitrogen and oxygen atoms in total. The highest BCUT2D eigenvalue weighted by Gasteiger charge is 2.52. The fourth-order valence-corrected chi connectivity index (χ4v) is 2.15. The van der Waals surface area contributed by atoms with Crippen molar-refractivity contribution in [2.75, 3.05) is 20.1 Å². The van der Waals surface area contributed by atoms with Crippen LogP contribution < -0.4 is 0 Å². The Labute approximate surface area is 60.3 Å². The molecule has 2 aliphatic rings. The van der Waals surface area contributed by atoms with Crippen molar-refractivity contribution in [2.45, 2.75) is 12.2 Å². The Bertz CT molecular complexity index is 135. The van der Waals surface area contributed by atoms with Crippen molar-refractivity contribution in [3.8, 4) is 0 Å². The number of hydrogen-bond donors (Lipinski definition) is 2. The van der Waals surface area contributed by atoms with Gasteiger partial charge in [-0.15, -0.1) is 0 Å². The quantitative estimate of drug-likeness (QED) is 0.452. The summed E-state index contributed by atoms with van der Waals surface area (Å²) in [5.41, 5.74) is 0. The van der Waals surface area contributed by atoms with Gasteiger partial charge in [0.05, 0.1) is 12.2 Å². The lowest BCUT2D eigenvalue weighted by Crippen LogP contribution is -2.54. The van der Waals surface area contributed by atoms with Crippen LogP contribution in [0.25, 0.3) is 0 Å². The van der Waals surface area contributed by atoms with Crippen molar-refractivity contribution in [3.05, 3.63) is 0 Å². The molecule has 0 aromatic rings. The Morgan fingerprint density at radius 2 is 1.50 bits per heavy atom. The fourth-order valence-electron chi connectivity index (χ4n) is 2.15. The van der Waals surface area contributed by atoms with Crippen LogP contribution in [-0.4, -0.2) is 47.5 Å². The smallest absolute Gasteiger partial charge is 0.0846 e. The third kappa shape index (κ3) is 0.654. The van der Waals surface area contributed by atoms with Crippen molar-refractivity contribution in [1.82, 2.24) is 4.90 Å². The molecule has 0 radical (unpaired) electrons. The lowest BCUT2D eigenvalue weighted by atomic mass is 9.71. The number of fused-ring (bicyclic) bond motifs is 1. The molecule has 2 N–H and O–H groups in total. The molecule has 0 aromatic carbocycles. The summed E-state index contributed by atoms with van der Waals surface area (Å²) in [6.07, 6.45) is -0.898. The van der Waals surface area contributed by atoms with Crippen LogP contribution in [0.2, 0.25) is 0 Å². The van der Waals surface area contributed by atoms with Gasteiger partial charge < -0.3 is 15.1 Å². The summed E-state index contributed by atoms with van der Waals surface area (Å²) in [6.45, 7) is 1.89. The summed E-state index contributed by atoms with van der Waals surface area (Å²) >= 11 is 0. The van der Waals surface area contributed by atoms with Crippen LogP contribution in [0.4, 0.5) is 0 Å². The van der Waals surface area contributed by atoms with Crippen LogP contribution in [0.15, 0.2) is 0 Å². The molecule has 1 saturated carbocycles. The Kier molecular flexibility index (Phi) is 1.27. The predicted octanol–water partition coefficient (Wildman–Crippen LogP) is -1.10. The highest BCUT2D eigenvalue weighted by Crippen LogP contribution is 2.40. The first-order valence-electron chi connectivity index (χ1n) is 3.75. The molecule has 4 atom stereocenters. The van der Waals surface area contributed by atoms with Crippen LogP contribution in [0.5, 0.6) is 0 Å². The molecule has 58 valence electrons. The minimum Gasteiger partial charge on any atom is -0.390 e. The summed E-state index contributed by atoms with van der Waals surface area (Å²) in [6, 6.07) is 0.